The minimum absolute atomic E-state index is 0.0299. The lowest BCUT2D eigenvalue weighted by atomic mass is 9.66. The fourth-order valence-electron chi connectivity index (χ4n) is 4.78. The number of rotatable bonds is 3. The van der Waals surface area contributed by atoms with Gasteiger partial charge in [0.15, 0.2) is 0 Å². The zero-order valence-corrected chi connectivity index (χ0v) is 15.4. The summed E-state index contributed by atoms with van der Waals surface area (Å²) < 4.78 is 0. The Balaban J connectivity index is 1.92. The van der Waals surface area contributed by atoms with E-state index in [0.717, 1.165) is 19.4 Å². The molecule has 2 N–H and O–H groups in total. The van der Waals surface area contributed by atoms with E-state index < -0.39 is 0 Å². The quantitative estimate of drug-likeness (QED) is 0.888. The normalized spacial score (nSPS) is 22.2. The van der Waals surface area contributed by atoms with Crippen LogP contribution >= 0.6 is 0 Å². The average molecular weight is 322 g/mol. The van der Waals surface area contributed by atoms with Gasteiger partial charge in [0, 0.05) is 23.2 Å². The second-order valence-electron chi connectivity index (χ2n) is 8.57. The van der Waals surface area contributed by atoms with Gasteiger partial charge in [0.05, 0.1) is 0 Å². The molecule has 3 rings (SSSR count). The van der Waals surface area contributed by atoms with Crippen LogP contribution in [0.4, 0.5) is 0 Å². The van der Waals surface area contributed by atoms with Crippen LogP contribution in [-0.2, 0) is 12.1 Å². The zero-order chi connectivity index (χ0) is 17.4. The highest BCUT2D eigenvalue weighted by Crippen LogP contribution is 2.47. The molecule has 0 bridgehead atoms. The first-order valence-corrected chi connectivity index (χ1v) is 8.89. The number of benzene rings is 2. The highest BCUT2D eigenvalue weighted by atomic mass is 15.3. The van der Waals surface area contributed by atoms with E-state index in [2.05, 4.69) is 93.3 Å². The maximum atomic E-state index is 6.96. The van der Waals surface area contributed by atoms with Crippen molar-refractivity contribution in [3.63, 3.8) is 0 Å². The molecule has 1 aliphatic heterocycles. The topological polar surface area (TPSA) is 29.3 Å². The van der Waals surface area contributed by atoms with Gasteiger partial charge in [-0.25, -0.2) is 0 Å². The van der Waals surface area contributed by atoms with Gasteiger partial charge in [-0.15, -0.1) is 0 Å². The second-order valence-corrected chi connectivity index (χ2v) is 8.57. The summed E-state index contributed by atoms with van der Waals surface area (Å²) in [6.07, 6.45) is 1.92. The van der Waals surface area contributed by atoms with Crippen LogP contribution in [0.2, 0.25) is 0 Å². The molecule has 0 amide bonds. The molecule has 1 aliphatic rings. The summed E-state index contributed by atoms with van der Waals surface area (Å²) in [5, 5.41) is 0. The van der Waals surface area contributed by atoms with Gasteiger partial charge >= 0.3 is 0 Å². The van der Waals surface area contributed by atoms with Gasteiger partial charge in [-0.3, -0.25) is 4.90 Å². The number of piperidine rings is 1. The molecule has 0 spiro atoms. The first-order valence-electron chi connectivity index (χ1n) is 8.89. The van der Waals surface area contributed by atoms with Gasteiger partial charge in [-0.05, 0) is 51.7 Å². The molecule has 0 radical (unpaired) electrons. The minimum atomic E-state index is -0.276. The summed E-state index contributed by atoms with van der Waals surface area (Å²) in [6.45, 7) is 10.3. The number of likely N-dealkylation sites (tertiary alicyclic amines) is 1. The van der Waals surface area contributed by atoms with Gasteiger partial charge in [-0.2, -0.15) is 0 Å². The van der Waals surface area contributed by atoms with E-state index in [0.29, 0.717) is 0 Å². The second kappa shape index (κ2) is 6.02. The molecule has 1 saturated heterocycles. The molecule has 0 atom stereocenters. The number of nitrogens with two attached hydrogens (primary N) is 1. The zero-order valence-electron chi connectivity index (χ0n) is 15.4. The fourth-order valence-corrected chi connectivity index (χ4v) is 4.78. The molecule has 0 aromatic heterocycles. The Kier molecular flexibility index (Phi) is 4.31. The summed E-state index contributed by atoms with van der Waals surface area (Å²) in [5.74, 6) is 0. The largest absolute Gasteiger partial charge is 0.321 e. The summed E-state index contributed by atoms with van der Waals surface area (Å²) in [6, 6.07) is 21.4. The molecule has 1 heterocycles. The molecule has 24 heavy (non-hydrogen) atoms. The van der Waals surface area contributed by atoms with Crippen molar-refractivity contribution in [3.8, 4) is 0 Å². The van der Waals surface area contributed by atoms with Crippen LogP contribution in [0.5, 0.6) is 0 Å². The molecule has 128 valence electrons. The van der Waals surface area contributed by atoms with Crippen molar-refractivity contribution in [2.75, 3.05) is 0 Å². The van der Waals surface area contributed by atoms with Crippen LogP contribution < -0.4 is 5.73 Å². The van der Waals surface area contributed by atoms with Crippen LogP contribution in [0.1, 0.15) is 51.7 Å². The Bertz CT molecular complexity index is 656. The molecule has 2 nitrogen and oxygen atoms in total. The SMILES string of the molecule is CC1(C)CC(N)(c2ccccc2)CC(C)(C)N1Cc1ccccc1. The van der Waals surface area contributed by atoms with Gasteiger partial charge in [0.1, 0.15) is 0 Å². The Morgan fingerprint density at radius 1 is 0.792 bits per heavy atom. The summed E-state index contributed by atoms with van der Waals surface area (Å²) in [7, 11) is 0. The predicted molar refractivity (Wildman–Crippen MR) is 102 cm³/mol. The third-order valence-corrected chi connectivity index (χ3v) is 5.49. The summed E-state index contributed by atoms with van der Waals surface area (Å²) in [5.41, 5.74) is 9.36. The van der Waals surface area contributed by atoms with Crippen molar-refractivity contribution in [3.05, 3.63) is 71.8 Å². The predicted octanol–water partition coefficient (Wildman–Crippen LogP) is 4.69. The standard InChI is InChI=1S/C22H30N2/c1-20(2)16-22(23,19-13-9-6-10-14-19)17-21(3,4)24(20)15-18-11-7-5-8-12-18/h5-14H,15-17,23H2,1-4H3. The molecular formula is C22H30N2. The van der Waals surface area contributed by atoms with E-state index >= 15 is 0 Å². The van der Waals surface area contributed by atoms with Crippen molar-refractivity contribution in [2.24, 2.45) is 5.73 Å². The van der Waals surface area contributed by atoms with E-state index in [1.54, 1.807) is 0 Å². The molecule has 0 saturated carbocycles. The highest BCUT2D eigenvalue weighted by Gasteiger charge is 2.50. The van der Waals surface area contributed by atoms with Crippen molar-refractivity contribution in [2.45, 2.75) is 63.7 Å². The van der Waals surface area contributed by atoms with E-state index in [1.807, 2.05) is 0 Å². The van der Waals surface area contributed by atoms with Crippen LogP contribution in [0, 0.1) is 0 Å². The van der Waals surface area contributed by atoms with Gasteiger partial charge in [-0.1, -0.05) is 60.7 Å². The average Bonchev–Trinajstić information content (AvgIpc) is 2.52. The van der Waals surface area contributed by atoms with Crippen LogP contribution in [0.25, 0.3) is 0 Å². The van der Waals surface area contributed by atoms with Crippen molar-refractivity contribution >= 4 is 0 Å². The fraction of sp³-hybridized carbons (Fsp3) is 0.455. The van der Waals surface area contributed by atoms with Crippen molar-refractivity contribution in [1.82, 2.24) is 4.90 Å². The molecular weight excluding hydrogens is 292 g/mol. The molecule has 2 aromatic rings. The van der Waals surface area contributed by atoms with Crippen molar-refractivity contribution in [1.29, 1.82) is 0 Å². The van der Waals surface area contributed by atoms with E-state index in [1.165, 1.54) is 11.1 Å². The van der Waals surface area contributed by atoms with Gasteiger partial charge in [0.2, 0.25) is 0 Å². The number of hydrogen-bond donors (Lipinski definition) is 1. The Morgan fingerprint density at radius 3 is 1.75 bits per heavy atom. The van der Waals surface area contributed by atoms with Crippen LogP contribution in [0.3, 0.4) is 0 Å². The first-order chi connectivity index (χ1) is 11.2. The monoisotopic (exact) mass is 322 g/mol. The molecule has 0 aliphatic carbocycles. The van der Waals surface area contributed by atoms with Gasteiger partial charge < -0.3 is 5.73 Å². The first kappa shape index (κ1) is 17.2. The highest BCUT2D eigenvalue weighted by molar-refractivity contribution is 5.28. The van der Waals surface area contributed by atoms with E-state index in [-0.39, 0.29) is 16.6 Å². The third kappa shape index (κ3) is 3.26. The lowest BCUT2D eigenvalue weighted by Gasteiger charge is -2.59. The summed E-state index contributed by atoms with van der Waals surface area (Å²) in [4.78, 5) is 2.63. The van der Waals surface area contributed by atoms with E-state index in [9.17, 15) is 0 Å². The van der Waals surface area contributed by atoms with E-state index in [4.69, 9.17) is 5.73 Å². The van der Waals surface area contributed by atoms with Crippen molar-refractivity contribution < 1.29 is 0 Å². The maximum absolute atomic E-state index is 6.96. The Hall–Kier alpha value is -1.64. The molecule has 2 aromatic carbocycles. The molecule has 0 unspecified atom stereocenters. The number of hydrogen-bond acceptors (Lipinski definition) is 2. The minimum Gasteiger partial charge on any atom is -0.321 e. The third-order valence-electron chi connectivity index (χ3n) is 5.49. The smallest absolute Gasteiger partial charge is 0.0444 e. The Labute approximate surface area is 146 Å². The number of nitrogens with zero attached hydrogens (tertiary/aromatic N) is 1. The molecule has 1 fully saturated rings. The van der Waals surface area contributed by atoms with Crippen LogP contribution in [0.15, 0.2) is 60.7 Å². The van der Waals surface area contributed by atoms with Gasteiger partial charge in [0.25, 0.3) is 0 Å². The lowest BCUT2D eigenvalue weighted by Crippen LogP contribution is -2.66. The molecule has 2 heteroatoms. The lowest BCUT2D eigenvalue weighted by molar-refractivity contribution is -0.0685. The Morgan fingerprint density at radius 2 is 1.25 bits per heavy atom. The summed E-state index contributed by atoms with van der Waals surface area (Å²) >= 11 is 0. The van der Waals surface area contributed by atoms with Crippen LogP contribution in [-0.4, -0.2) is 16.0 Å². The maximum Gasteiger partial charge on any atom is 0.0444 e.